The third kappa shape index (κ3) is 34.2. The van der Waals surface area contributed by atoms with E-state index in [1.54, 1.807) is 70.4 Å². The van der Waals surface area contributed by atoms with E-state index in [9.17, 15) is 53.1 Å². The standard InChI is InChI=1S/C93H137N7O25S2/c1-61-15-11-10-12-16-62(2)80(112-8)57-72-22-18-67(7)93(110,125-72)88(106)90(108)100-31-14-13-17-76(100)91(109)123-81(58-77(101)64(4)52-66(6)86(104)87(105)85(103)65(5)51-61)75(94)54-68-19-25-79(82(55-68)113-9)124-92(126)97-29-34-115-37-39-117-41-43-119-45-47-121-49-48-120-46-44-118-42-40-116-38-36-114-33-28-84(102)96-30-50-127(111)73-23-24-74(63(3)53-73)89(107)99-32-35-122-78-26-20-69(56-71(78)60-99)70-21-27-83(95)98-59-70/h10-12,15-16,20-21,23-24,26-27,52-53,56,59,61,64-65,67-68,72,75-76,79-82,86-87,104-105,110H,13-14,17-19,22,25,28-51,54-55,57-58,60,94H2,1-9H3,(H2,95,98)(H,96,102)(H,97,126)/b12-10?,15-11+,62-16?,66-52+/t61-,64-,65-,67-,68+,72+,75-,76+,79-,80+,81+,82-,86-,87+,93-,127?/m1/s1. The van der Waals surface area contributed by atoms with Gasteiger partial charge in [-0.05, 0) is 174 Å². The number of pyridine rings is 1. The largest absolute Gasteiger partial charge is 0.491 e. The molecule has 8 rings (SSSR count). The number of anilines is 1. The number of allylic oxidation sites excluding steroid dienone is 6. The Labute approximate surface area is 755 Å². The molecule has 706 valence electrons. The number of nitrogens with one attached hydrogen (secondary N) is 2. The molecule has 3 amide bonds. The van der Waals surface area contributed by atoms with Crippen molar-refractivity contribution in [3.8, 4) is 16.9 Å². The number of nitrogens with two attached hydrogens (primary N) is 2. The number of hydrogen-bond donors (Lipinski definition) is 7. The highest BCUT2D eigenvalue weighted by atomic mass is 32.2. The number of nitrogen functional groups attached to an aromatic ring is 1. The number of Topliss-reactive ketones (excluding diaryl/α,β-unsaturated/α-hetero) is 3. The van der Waals surface area contributed by atoms with Crippen LogP contribution in [0.15, 0.2) is 107 Å². The number of aliphatic hydroxyl groups excluding tert-OH is 2. The van der Waals surface area contributed by atoms with Crippen LogP contribution in [0.4, 0.5) is 5.82 Å². The van der Waals surface area contributed by atoms with Crippen LogP contribution >= 0.6 is 12.2 Å². The van der Waals surface area contributed by atoms with Crippen molar-refractivity contribution in [3.05, 3.63) is 119 Å². The lowest BCUT2D eigenvalue weighted by Crippen LogP contribution is -2.61. The van der Waals surface area contributed by atoms with Crippen molar-refractivity contribution in [1.29, 1.82) is 0 Å². The van der Waals surface area contributed by atoms with Gasteiger partial charge in [-0.3, -0.25) is 33.0 Å². The lowest BCUT2D eigenvalue weighted by molar-refractivity contribution is -0.265. The third-order valence-electron chi connectivity index (χ3n) is 23.6. The van der Waals surface area contributed by atoms with Crippen LogP contribution in [0, 0.1) is 36.5 Å². The number of esters is 1. The Kier molecular flexibility index (Phi) is 45.7. The van der Waals surface area contributed by atoms with E-state index in [0.29, 0.717) is 199 Å². The summed E-state index contributed by atoms with van der Waals surface area (Å²) in [6, 6.07) is 12.5. The molecule has 2 saturated heterocycles. The predicted molar refractivity (Wildman–Crippen MR) is 480 cm³/mol. The maximum atomic E-state index is 14.7. The predicted octanol–water partition coefficient (Wildman–Crippen LogP) is 7.55. The second-order valence-electron chi connectivity index (χ2n) is 33.3. The molecule has 16 atom stereocenters. The third-order valence-corrected chi connectivity index (χ3v) is 25.2. The van der Waals surface area contributed by atoms with Gasteiger partial charge in [0, 0.05) is 117 Å². The summed E-state index contributed by atoms with van der Waals surface area (Å²) >= 11 is 5.58. The Morgan fingerprint density at radius 2 is 1.35 bits per heavy atom. The molecule has 3 aromatic rings. The molecule has 127 heavy (non-hydrogen) atoms. The summed E-state index contributed by atoms with van der Waals surface area (Å²) in [5, 5.41) is 40.7. The molecule has 0 spiro atoms. The number of fused-ring (bicyclic) bond motifs is 4. The van der Waals surface area contributed by atoms with Gasteiger partial charge >= 0.3 is 5.97 Å². The summed E-state index contributed by atoms with van der Waals surface area (Å²) < 4.78 is 94.5. The Morgan fingerprint density at radius 1 is 0.701 bits per heavy atom. The molecule has 4 aliphatic heterocycles. The van der Waals surface area contributed by atoms with Gasteiger partial charge in [0.15, 0.2) is 5.78 Å². The number of hydrogen-bond acceptors (Lipinski definition) is 29. The van der Waals surface area contributed by atoms with Crippen molar-refractivity contribution in [2.24, 2.45) is 35.3 Å². The molecule has 2 bridgehead atoms. The number of amides is 3. The summed E-state index contributed by atoms with van der Waals surface area (Å²) in [6.45, 7) is 19.6. The number of aliphatic hydroxyl groups is 3. The van der Waals surface area contributed by atoms with Gasteiger partial charge in [-0.15, -0.1) is 0 Å². The van der Waals surface area contributed by atoms with Crippen molar-refractivity contribution in [3.63, 3.8) is 0 Å². The Balaban J connectivity index is 0.636. The number of carbonyl (C=O) groups is 7. The lowest BCUT2D eigenvalue weighted by Gasteiger charge is -2.42. The van der Waals surface area contributed by atoms with E-state index < -0.39 is 118 Å². The summed E-state index contributed by atoms with van der Waals surface area (Å²) in [6.07, 6.45) is 10.2. The number of cyclic esters (lactones) is 1. The first-order chi connectivity index (χ1) is 61.1. The molecule has 32 nitrogen and oxygen atoms in total. The van der Waals surface area contributed by atoms with Crippen LogP contribution < -0.4 is 26.8 Å². The van der Waals surface area contributed by atoms with Crippen LogP contribution in [-0.4, -0.2) is 300 Å². The zero-order valence-corrected chi connectivity index (χ0v) is 77.0. The minimum absolute atomic E-state index is 0.0100. The molecular weight excluding hydrogens is 1680 g/mol. The zero-order chi connectivity index (χ0) is 91.8. The first-order valence-corrected chi connectivity index (χ1v) is 46.3. The van der Waals surface area contributed by atoms with E-state index in [1.807, 2.05) is 75.4 Å². The second kappa shape index (κ2) is 55.5. The fourth-order valence-electron chi connectivity index (χ4n) is 16.0. The number of ether oxygens (including phenoxy) is 14. The molecule has 1 aliphatic carbocycles. The monoisotopic (exact) mass is 1820 g/mol. The van der Waals surface area contributed by atoms with Crippen LogP contribution in [0.3, 0.4) is 0 Å². The van der Waals surface area contributed by atoms with E-state index in [-0.39, 0.29) is 92.0 Å². The number of methoxy groups -OCH3 is 2. The van der Waals surface area contributed by atoms with Crippen LogP contribution in [0.25, 0.3) is 11.1 Å². The normalized spacial score (nSPS) is 26.4. The van der Waals surface area contributed by atoms with E-state index in [1.165, 1.54) is 13.0 Å². The number of thiocarbonyl (C=S) groups is 1. The summed E-state index contributed by atoms with van der Waals surface area (Å²) in [7, 11) is 1.73. The minimum Gasteiger partial charge on any atom is -0.491 e. The number of piperidine rings is 1. The first-order valence-electron chi connectivity index (χ1n) is 44.6. The van der Waals surface area contributed by atoms with Crippen molar-refractivity contribution < 1.29 is 119 Å². The molecule has 1 saturated carbocycles. The minimum atomic E-state index is -2.50. The summed E-state index contributed by atoms with van der Waals surface area (Å²) in [5.74, 6) is -8.12. The number of carbonyl (C=O) groups excluding carboxylic acids is 7. The van der Waals surface area contributed by atoms with Gasteiger partial charge in [-0.25, -0.2) is 9.78 Å². The average Bonchev–Trinajstić information content (AvgIpc) is 1.05. The van der Waals surface area contributed by atoms with Crippen LogP contribution in [0.5, 0.6) is 5.75 Å². The van der Waals surface area contributed by atoms with Crippen LogP contribution in [-0.2, 0) is 108 Å². The maximum absolute atomic E-state index is 14.7. The fourth-order valence-corrected chi connectivity index (χ4v) is 17.3. The number of benzene rings is 2. The molecule has 1 aromatic heterocycles. The molecule has 5 aliphatic rings. The quantitative estimate of drug-likeness (QED) is 0.00952. The topological polar surface area (TPSA) is 422 Å². The number of ketones is 3. The van der Waals surface area contributed by atoms with Gasteiger partial charge in [-0.2, -0.15) is 0 Å². The van der Waals surface area contributed by atoms with Crippen LogP contribution in [0.1, 0.15) is 146 Å². The number of rotatable bonds is 39. The van der Waals surface area contributed by atoms with Crippen molar-refractivity contribution in [1.82, 2.24) is 25.4 Å². The number of aryl methyl sites for hydroxylation is 1. The number of nitrogens with zero attached hydrogens (tertiary/aromatic N) is 3. The summed E-state index contributed by atoms with van der Waals surface area (Å²) in [5.41, 5.74) is 17.8. The SMILES string of the molecule is CO[C@H]1C[C@@H]2CC[C@@H](C)[C@@](O)(O2)C(=O)C(=O)N2CCCC[C@H]2C(=O)O[C@H]([C@H](N)C[C@@H]2CC[C@@H](OC(=S)NCCOCCOCCOCCOCCOCCOCCOCCOCCC(=O)NCCS(=O)c3ccc(C(=O)N4CCOc5ccc(-c6ccc(N)nc6)cc5C4)c(C)c3)[C@H](OC)C2)CC(=O)[C@H](C)/C=C(\C)[C@@H](O)[C@@H](O)C(=O)[C@H](C)C[C@H](C)/C=C/C=CC=C1C. The molecule has 9 N–H and O–H groups in total. The van der Waals surface area contributed by atoms with E-state index in [2.05, 4.69) is 15.6 Å². The smallest absolute Gasteiger partial charge is 0.329 e. The van der Waals surface area contributed by atoms with Crippen molar-refractivity contribution in [2.45, 2.75) is 204 Å². The molecule has 0 radical (unpaired) electrons. The second-order valence-corrected chi connectivity index (χ2v) is 35.2. The van der Waals surface area contributed by atoms with Gasteiger partial charge in [0.25, 0.3) is 22.8 Å². The first kappa shape index (κ1) is 105. The number of aromatic nitrogens is 1. The van der Waals surface area contributed by atoms with Gasteiger partial charge < -0.3 is 114 Å². The maximum Gasteiger partial charge on any atom is 0.329 e. The van der Waals surface area contributed by atoms with E-state index in [4.69, 9.17) is 90.0 Å². The molecule has 2 aromatic carbocycles. The molecule has 5 heterocycles. The van der Waals surface area contributed by atoms with Gasteiger partial charge in [0.2, 0.25) is 11.7 Å². The average molecular weight is 1820 g/mol. The van der Waals surface area contributed by atoms with Gasteiger partial charge in [-0.1, -0.05) is 70.2 Å². The highest BCUT2D eigenvalue weighted by molar-refractivity contribution is 7.85. The summed E-state index contributed by atoms with van der Waals surface area (Å²) in [4.78, 5) is 105. The zero-order valence-electron chi connectivity index (χ0n) is 75.3. The molecule has 1 unspecified atom stereocenters. The Bertz CT molecular complexity index is 4140. The highest BCUT2D eigenvalue weighted by Crippen LogP contribution is 2.39. The van der Waals surface area contributed by atoms with E-state index in [0.717, 1.165) is 32.9 Å². The van der Waals surface area contributed by atoms with Gasteiger partial charge in [0.1, 0.15) is 54.4 Å². The lowest BCUT2D eigenvalue weighted by atomic mass is 9.80. The van der Waals surface area contributed by atoms with Crippen LogP contribution in [0.2, 0.25) is 0 Å². The molecular formula is C93H137N7O25S2. The Morgan fingerprint density at radius 3 is 1.99 bits per heavy atom. The highest BCUT2D eigenvalue weighted by Gasteiger charge is 2.53. The van der Waals surface area contributed by atoms with Crippen molar-refractivity contribution >= 4 is 75.1 Å². The van der Waals surface area contributed by atoms with Gasteiger partial charge in [0.05, 0.1) is 141 Å². The molecule has 34 heteroatoms. The fraction of sp³-hybridized carbons (Fsp3) is 0.645. The van der Waals surface area contributed by atoms with E-state index >= 15 is 0 Å². The Hall–Kier alpha value is -7.72. The van der Waals surface area contributed by atoms with Crippen molar-refractivity contribution in [2.75, 3.05) is 164 Å². The molecule has 3 fully saturated rings.